The molecule has 1 saturated carbocycles. The molecule has 0 radical (unpaired) electrons. The summed E-state index contributed by atoms with van der Waals surface area (Å²) in [5.41, 5.74) is 6.02. The quantitative estimate of drug-likeness (QED) is 0.867. The van der Waals surface area contributed by atoms with Crippen molar-refractivity contribution in [2.45, 2.75) is 64.5 Å². The second-order valence-electron chi connectivity index (χ2n) is 5.89. The molecule has 112 valence electrons. The zero-order chi connectivity index (χ0) is 14.5. The van der Waals surface area contributed by atoms with Crippen molar-refractivity contribution in [3.8, 4) is 0 Å². The lowest BCUT2D eigenvalue weighted by atomic mass is 9.85. The summed E-state index contributed by atoms with van der Waals surface area (Å²) < 4.78 is 5.41. The number of nitrogens with zero attached hydrogens (tertiary/aromatic N) is 1. The second-order valence-corrected chi connectivity index (χ2v) is 5.89. The Balaban J connectivity index is 1.81. The Hall–Kier alpha value is -1.36. The van der Waals surface area contributed by atoms with E-state index in [-0.39, 0.29) is 11.9 Å². The Morgan fingerprint density at radius 3 is 2.80 bits per heavy atom. The number of aromatic nitrogens is 1. The zero-order valence-corrected chi connectivity index (χ0v) is 12.4. The van der Waals surface area contributed by atoms with E-state index < -0.39 is 6.04 Å². The molecule has 2 unspecified atom stereocenters. The molecule has 1 aliphatic rings. The molecule has 2 rings (SSSR count). The highest BCUT2D eigenvalue weighted by molar-refractivity contribution is 5.81. The smallest absolute Gasteiger partial charge is 0.237 e. The molecule has 1 amide bonds. The first kappa shape index (κ1) is 15.0. The lowest BCUT2D eigenvalue weighted by molar-refractivity contribution is -0.123. The maximum Gasteiger partial charge on any atom is 0.237 e. The van der Waals surface area contributed by atoms with Crippen LogP contribution < -0.4 is 11.1 Å². The first-order chi connectivity index (χ1) is 9.56. The summed E-state index contributed by atoms with van der Waals surface area (Å²) in [6, 6.07) is -0.676. The number of oxazole rings is 1. The minimum atomic E-state index is -0.434. The van der Waals surface area contributed by atoms with Crippen LogP contribution in [0.5, 0.6) is 0 Å². The van der Waals surface area contributed by atoms with Crippen molar-refractivity contribution in [1.82, 2.24) is 10.3 Å². The zero-order valence-electron chi connectivity index (χ0n) is 12.4. The average Bonchev–Trinajstić information content (AvgIpc) is 2.86. The molecule has 1 aromatic rings. The summed E-state index contributed by atoms with van der Waals surface area (Å²) in [6.07, 6.45) is 8.70. The van der Waals surface area contributed by atoms with Gasteiger partial charge in [0.1, 0.15) is 11.8 Å². The van der Waals surface area contributed by atoms with Crippen LogP contribution >= 0.6 is 0 Å². The monoisotopic (exact) mass is 279 g/mol. The van der Waals surface area contributed by atoms with E-state index in [0.29, 0.717) is 11.8 Å². The Kier molecular flexibility index (Phi) is 5.17. The maximum absolute atomic E-state index is 12.1. The topological polar surface area (TPSA) is 81.2 Å². The van der Waals surface area contributed by atoms with E-state index in [1.807, 2.05) is 13.8 Å². The molecular weight excluding hydrogens is 254 g/mol. The van der Waals surface area contributed by atoms with Gasteiger partial charge in [-0.1, -0.05) is 32.1 Å². The molecule has 20 heavy (non-hydrogen) atoms. The molecular formula is C15H25N3O2. The molecule has 0 saturated heterocycles. The Morgan fingerprint density at radius 2 is 2.20 bits per heavy atom. The summed E-state index contributed by atoms with van der Waals surface area (Å²) in [6.45, 7) is 3.69. The Labute approximate surface area is 120 Å². The molecule has 2 atom stereocenters. The maximum atomic E-state index is 12.1. The van der Waals surface area contributed by atoms with E-state index in [1.165, 1.54) is 32.1 Å². The first-order valence-electron chi connectivity index (χ1n) is 7.54. The summed E-state index contributed by atoms with van der Waals surface area (Å²) >= 11 is 0. The molecule has 0 aliphatic heterocycles. The van der Waals surface area contributed by atoms with Crippen molar-refractivity contribution in [3.05, 3.63) is 17.8 Å². The number of carbonyl (C=O) groups excluding carboxylic acids is 1. The molecule has 0 bridgehead atoms. The van der Waals surface area contributed by atoms with Crippen molar-refractivity contribution in [1.29, 1.82) is 0 Å². The first-order valence-corrected chi connectivity index (χ1v) is 7.54. The van der Waals surface area contributed by atoms with Crippen LogP contribution in [0.1, 0.15) is 63.1 Å². The van der Waals surface area contributed by atoms with Gasteiger partial charge in [0, 0.05) is 0 Å². The van der Waals surface area contributed by atoms with E-state index in [0.717, 1.165) is 12.2 Å². The van der Waals surface area contributed by atoms with Gasteiger partial charge >= 0.3 is 0 Å². The molecule has 5 heteroatoms. The Morgan fingerprint density at radius 1 is 1.50 bits per heavy atom. The standard InChI is InChI=1S/C15H25N3O2/c1-10-9-17-15(20-10)11(2)18-14(19)13(16)8-12-6-4-3-5-7-12/h9,11-13H,3-8,16H2,1-2H3,(H,18,19). The molecule has 1 aliphatic carbocycles. The summed E-state index contributed by atoms with van der Waals surface area (Å²) in [5, 5.41) is 2.88. The molecule has 0 spiro atoms. The normalized spacial score (nSPS) is 19.6. The van der Waals surface area contributed by atoms with E-state index in [2.05, 4.69) is 10.3 Å². The van der Waals surface area contributed by atoms with Gasteiger partial charge in [-0.15, -0.1) is 0 Å². The van der Waals surface area contributed by atoms with Crippen molar-refractivity contribution >= 4 is 5.91 Å². The van der Waals surface area contributed by atoms with Gasteiger partial charge in [0.15, 0.2) is 0 Å². The molecule has 3 N–H and O–H groups in total. The predicted octanol–water partition coefficient (Wildman–Crippen LogP) is 2.46. The van der Waals surface area contributed by atoms with E-state index >= 15 is 0 Å². The van der Waals surface area contributed by atoms with Crippen LogP contribution in [-0.2, 0) is 4.79 Å². The number of amides is 1. The fourth-order valence-electron chi connectivity index (χ4n) is 2.84. The minimum absolute atomic E-state index is 0.112. The SMILES string of the molecule is Cc1cnc(C(C)NC(=O)C(N)CC2CCCCC2)o1. The molecule has 1 fully saturated rings. The van der Waals surface area contributed by atoms with Crippen LogP contribution in [0.4, 0.5) is 0 Å². The molecule has 1 heterocycles. The number of hydrogen-bond donors (Lipinski definition) is 2. The van der Waals surface area contributed by atoms with Crippen molar-refractivity contribution < 1.29 is 9.21 Å². The van der Waals surface area contributed by atoms with Gasteiger partial charge < -0.3 is 15.5 Å². The third-order valence-electron chi connectivity index (χ3n) is 4.02. The number of aryl methyl sites for hydroxylation is 1. The molecule has 5 nitrogen and oxygen atoms in total. The fourth-order valence-corrected chi connectivity index (χ4v) is 2.84. The van der Waals surface area contributed by atoms with E-state index in [4.69, 9.17) is 10.2 Å². The van der Waals surface area contributed by atoms with Crippen LogP contribution in [0.15, 0.2) is 10.6 Å². The van der Waals surface area contributed by atoms with Crippen LogP contribution in [0.2, 0.25) is 0 Å². The van der Waals surface area contributed by atoms with E-state index in [9.17, 15) is 4.79 Å². The number of nitrogens with one attached hydrogen (secondary N) is 1. The van der Waals surface area contributed by atoms with Crippen molar-refractivity contribution in [2.75, 3.05) is 0 Å². The van der Waals surface area contributed by atoms with E-state index in [1.54, 1.807) is 6.20 Å². The summed E-state index contributed by atoms with van der Waals surface area (Å²) in [5.74, 6) is 1.76. The van der Waals surface area contributed by atoms with Gasteiger partial charge in [0.2, 0.25) is 11.8 Å². The van der Waals surface area contributed by atoms with Crippen molar-refractivity contribution in [3.63, 3.8) is 0 Å². The largest absolute Gasteiger partial charge is 0.444 e. The van der Waals surface area contributed by atoms with Crippen LogP contribution in [0.3, 0.4) is 0 Å². The third kappa shape index (κ3) is 4.07. The minimum Gasteiger partial charge on any atom is -0.444 e. The second kappa shape index (κ2) is 6.88. The number of carbonyl (C=O) groups is 1. The fraction of sp³-hybridized carbons (Fsp3) is 0.733. The highest BCUT2D eigenvalue weighted by Gasteiger charge is 2.23. The summed E-state index contributed by atoms with van der Waals surface area (Å²) in [7, 11) is 0. The van der Waals surface area contributed by atoms with Crippen LogP contribution in [-0.4, -0.2) is 16.9 Å². The highest BCUT2D eigenvalue weighted by atomic mass is 16.4. The molecule has 1 aromatic heterocycles. The Bertz CT molecular complexity index is 438. The third-order valence-corrected chi connectivity index (χ3v) is 4.02. The van der Waals surface area contributed by atoms with Gasteiger partial charge in [0.25, 0.3) is 0 Å². The van der Waals surface area contributed by atoms with Gasteiger partial charge in [0.05, 0.1) is 12.2 Å². The lowest BCUT2D eigenvalue weighted by Gasteiger charge is -2.24. The van der Waals surface area contributed by atoms with Crippen molar-refractivity contribution in [2.24, 2.45) is 11.7 Å². The van der Waals surface area contributed by atoms with Gasteiger partial charge in [-0.05, 0) is 26.2 Å². The van der Waals surface area contributed by atoms with Gasteiger partial charge in [-0.3, -0.25) is 4.79 Å². The predicted molar refractivity (Wildman–Crippen MR) is 77.0 cm³/mol. The lowest BCUT2D eigenvalue weighted by Crippen LogP contribution is -2.43. The van der Waals surface area contributed by atoms with Gasteiger partial charge in [-0.25, -0.2) is 4.98 Å². The number of rotatable bonds is 5. The number of hydrogen-bond acceptors (Lipinski definition) is 4. The van der Waals surface area contributed by atoms with Crippen LogP contribution in [0, 0.1) is 12.8 Å². The molecule has 0 aromatic carbocycles. The van der Waals surface area contributed by atoms with Crippen LogP contribution in [0.25, 0.3) is 0 Å². The highest BCUT2D eigenvalue weighted by Crippen LogP contribution is 2.27. The summed E-state index contributed by atoms with van der Waals surface area (Å²) in [4.78, 5) is 16.2. The van der Waals surface area contributed by atoms with Gasteiger partial charge in [-0.2, -0.15) is 0 Å². The number of nitrogens with two attached hydrogens (primary N) is 1. The average molecular weight is 279 g/mol.